The summed E-state index contributed by atoms with van der Waals surface area (Å²) < 4.78 is 6.08. The highest BCUT2D eigenvalue weighted by Gasteiger charge is 2.42. The van der Waals surface area contributed by atoms with Crippen molar-refractivity contribution in [2.24, 2.45) is 5.92 Å². The van der Waals surface area contributed by atoms with Crippen LogP contribution in [0.4, 0.5) is 5.69 Å². The summed E-state index contributed by atoms with van der Waals surface area (Å²) in [5, 5.41) is 0. The van der Waals surface area contributed by atoms with Gasteiger partial charge in [-0.25, -0.2) is 0 Å². The summed E-state index contributed by atoms with van der Waals surface area (Å²) in [6, 6.07) is 7.99. The fourth-order valence-corrected chi connectivity index (χ4v) is 3.35. The van der Waals surface area contributed by atoms with Gasteiger partial charge in [-0.1, -0.05) is 0 Å². The minimum atomic E-state index is 0.195. The zero-order valence-corrected chi connectivity index (χ0v) is 11.2. The maximum atomic E-state index is 11.6. The Kier molecular flexibility index (Phi) is 3.09. The van der Waals surface area contributed by atoms with Gasteiger partial charge < -0.3 is 15.4 Å². The second-order valence-corrected chi connectivity index (χ2v) is 5.62. The number of rotatable bonds is 2. The molecule has 1 saturated heterocycles. The van der Waals surface area contributed by atoms with E-state index in [-0.39, 0.29) is 12.0 Å². The highest BCUT2D eigenvalue weighted by Crippen LogP contribution is 2.37. The third-order valence-corrected chi connectivity index (χ3v) is 4.33. The Hall–Kier alpha value is -1.71. The van der Waals surface area contributed by atoms with Gasteiger partial charge >= 0.3 is 0 Å². The van der Waals surface area contributed by atoms with Crippen molar-refractivity contribution in [3.63, 3.8) is 0 Å². The van der Waals surface area contributed by atoms with E-state index in [2.05, 4.69) is 0 Å². The molecule has 3 atom stereocenters. The number of hydrogen-bond acceptors (Lipinski definition) is 3. The van der Waals surface area contributed by atoms with Gasteiger partial charge in [-0.05, 0) is 43.5 Å². The second kappa shape index (κ2) is 4.76. The quantitative estimate of drug-likeness (QED) is 0.828. The van der Waals surface area contributed by atoms with Crippen molar-refractivity contribution in [2.75, 3.05) is 12.3 Å². The number of nitrogens with two attached hydrogens (primary N) is 1. The van der Waals surface area contributed by atoms with Gasteiger partial charge in [0, 0.05) is 31.1 Å². The largest absolute Gasteiger partial charge is 0.490 e. The summed E-state index contributed by atoms with van der Waals surface area (Å²) in [6.45, 7) is 2.51. The standard InChI is InChI=1S/C15H20N2O2/c1-10(18)17-9-11-8-13(17)4-7-15(11)19-14-5-2-12(16)3-6-14/h2-3,5-6,11,13,15H,4,7-9,16H2,1H3. The predicted octanol–water partition coefficient (Wildman–Crippen LogP) is 2.05. The molecule has 1 aromatic carbocycles. The van der Waals surface area contributed by atoms with Crippen molar-refractivity contribution in [3.8, 4) is 5.75 Å². The van der Waals surface area contributed by atoms with E-state index in [1.165, 1.54) is 0 Å². The number of fused-ring (bicyclic) bond motifs is 2. The van der Waals surface area contributed by atoms with Crippen molar-refractivity contribution in [2.45, 2.75) is 38.3 Å². The molecule has 19 heavy (non-hydrogen) atoms. The number of amides is 1. The van der Waals surface area contributed by atoms with Crippen LogP contribution in [0.3, 0.4) is 0 Å². The van der Waals surface area contributed by atoms with Crippen LogP contribution >= 0.6 is 0 Å². The molecule has 1 heterocycles. The van der Waals surface area contributed by atoms with E-state index in [0.717, 1.165) is 37.2 Å². The smallest absolute Gasteiger partial charge is 0.219 e. The van der Waals surface area contributed by atoms with Gasteiger partial charge in [-0.3, -0.25) is 4.79 Å². The van der Waals surface area contributed by atoms with Gasteiger partial charge in [0.2, 0.25) is 5.91 Å². The van der Waals surface area contributed by atoms with Gasteiger partial charge in [-0.15, -0.1) is 0 Å². The van der Waals surface area contributed by atoms with E-state index in [4.69, 9.17) is 10.5 Å². The van der Waals surface area contributed by atoms with E-state index in [1.807, 2.05) is 29.2 Å². The molecule has 1 amide bonds. The molecule has 4 heteroatoms. The number of ether oxygens (including phenoxy) is 1. The predicted molar refractivity (Wildman–Crippen MR) is 73.8 cm³/mol. The fraction of sp³-hybridized carbons (Fsp3) is 0.533. The number of carbonyl (C=O) groups is 1. The number of nitrogen functional groups attached to an aromatic ring is 1. The fourth-order valence-electron chi connectivity index (χ4n) is 3.35. The molecule has 2 aliphatic rings. The van der Waals surface area contributed by atoms with Crippen molar-refractivity contribution in [1.29, 1.82) is 0 Å². The molecule has 1 aliphatic heterocycles. The highest BCUT2D eigenvalue weighted by atomic mass is 16.5. The minimum absolute atomic E-state index is 0.195. The second-order valence-electron chi connectivity index (χ2n) is 5.62. The third kappa shape index (κ3) is 2.39. The van der Waals surface area contributed by atoms with Gasteiger partial charge in [0.25, 0.3) is 0 Å². The Morgan fingerprint density at radius 1 is 1.32 bits per heavy atom. The average Bonchev–Trinajstić information content (AvgIpc) is 2.74. The lowest BCUT2D eigenvalue weighted by Gasteiger charge is -2.28. The zero-order valence-electron chi connectivity index (χ0n) is 11.2. The molecule has 0 spiro atoms. The van der Waals surface area contributed by atoms with Crippen LogP contribution in [0.15, 0.2) is 24.3 Å². The van der Waals surface area contributed by atoms with Crippen LogP contribution in [0.2, 0.25) is 0 Å². The Morgan fingerprint density at radius 2 is 2.05 bits per heavy atom. The Labute approximate surface area is 113 Å². The van der Waals surface area contributed by atoms with Crippen molar-refractivity contribution >= 4 is 11.6 Å². The van der Waals surface area contributed by atoms with E-state index in [9.17, 15) is 4.79 Å². The molecular weight excluding hydrogens is 240 g/mol. The molecule has 1 saturated carbocycles. The van der Waals surface area contributed by atoms with E-state index in [1.54, 1.807) is 6.92 Å². The molecule has 102 valence electrons. The molecule has 2 bridgehead atoms. The van der Waals surface area contributed by atoms with E-state index in [0.29, 0.717) is 12.0 Å². The summed E-state index contributed by atoms with van der Waals surface area (Å²) in [6.07, 6.45) is 3.39. The van der Waals surface area contributed by atoms with Crippen LogP contribution in [0, 0.1) is 5.92 Å². The number of carbonyl (C=O) groups excluding carboxylic acids is 1. The lowest BCUT2D eigenvalue weighted by molar-refractivity contribution is -0.129. The van der Waals surface area contributed by atoms with Crippen LogP contribution in [0.5, 0.6) is 5.75 Å². The molecule has 3 rings (SSSR count). The first-order chi connectivity index (χ1) is 9.13. The first-order valence-corrected chi connectivity index (χ1v) is 6.93. The number of benzene rings is 1. The Bertz CT molecular complexity index is 472. The van der Waals surface area contributed by atoms with Gasteiger partial charge in [0.05, 0.1) is 0 Å². The lowest BCUT2D eigenvalue weighted by Crippen LogP contribution is -2.33. The van der Waals surface area contributed by atoms with Crippen LogP contribution in [-0.2, 0) is 4.79 Å². The summed E-state index contributed by atoms with van der Waals surface area (Å²) in [5.41, 5.74) is 6.42. The average molecular weight is 260 g/mol. The molecule has 4 nitrogen and oxygen atoms in total. The molecule has 1 aliphatic carbocycles. The van der Waals surface area contributed by atoms with E-state index < -0.39 is 0 Å². The molecule has 1 aromatic rings. The zero-order chi connectivity index (χ0) is 13.4. The minimum Gasteiger partial charge on any atom is -0.490 e. The topological polar surface area (TPSA) is 55.6 Å². The number of hydrogen-bond donors (Lipinski definition) is 1. The summed E-state index contributed by atoms with van der Waals surface area (Å²) in [5.74, 6) is 1.54. The number of nitrogens with zero attached hydrogens (tertiary/aromatic N) is 1. The molecular formula is C15H20N2O2. The SMILES string of the molecule is CC(=O)N1CC2CC1CCC2Oc1ccc(N)cc1. The van der Waals surface area contributed by atoms with Crippen LogP contribution < -0.4 is 10.5 Å². The maximum Gasteiger partial charge on any atom is 0.219 e. The van der Waals surface area contributed by atoms with Gasteiger partial charge in [0.15, 0.2) is 0 Å². The summed E-state index contributed by atoms with van der Waals surface area (Å²) >= 11 is 0. The number of anilines is 1. The third-order valence-electron chi connectivity index (χ3n) is 4.33. The molecule has 3 unspecified atom stereocenters. The monoisotopic (exact) mass is 260 g/mol. The first kappa shape index (κ1) is 12.3. The van der Waals surface area contributed by atoms with Gasteiger partial charge in [-0.2, -0.15) is 0 Å². The van der Waals surface area contributed by atoms with Crippen molar-refractivity contribution in [3.05, 3.63) is 24.3 Å². The Balaban J connectivity index is 1.67. The molecule has 2 fully saturated rings. The summed E-state index contributed by atoms with van der Waals surface area (Å²) in [7, 11) is 0. The van der Waals surface area contributed by atoms with Crippen molar-refractivity contribution in [1.82, 2.24) is 4.90 Å². The van der Waals surface area contributed by atoms with Crippen LogP contribution in [0.1, 0.15) is 26.2 Å². The van der Waals surface area contributed by atoms with E-state index >= 15 is 0 Å². The van der Waals surface area contributed by atoms with Crippen LogP contribution in [-0.4, -0.2) is 29.5 Å². The molecule has 2 N–H and O–H groups in total. The highest BCUT2D eigenvalue weighted by molar-refractivity contribution is 5.74. The van der Waals surface area contributed by atoms with Crippen molar-refractivity contribution < 1.29 is 9.53 Å². The Morgan fingerprint density at radius 3 is 2.74 bits per heavy atom. The molecule has 0 aromatic heterocycles. The normalized spacial score (nSPS) is 29.3. The maximum absolute atomic E-state index is 11.6. The summed E-state index contributed by atoms with van der Waals surface area (Å²) in [4.78, 5) is 13.6. The van der Waals surface area contributed by atoms with Crippen LogP contribution in [0.25, 0.3) is 0 Å². The molecule has 0 radical (unpaired) electrons. The first-order valence-electron chi connectivity index (χ1n) is 6.93. The van der Waals surface area contributed by atoms with Gasteiger partial charge in [0.1, 0.15) is 11.9 Å². The lowest BCUT2D eigenvalue weighted by atomic mass is 9.87. The number of likely N-dealkylation sites (tertiary alicyclic amines) is 1.